The van der Waals surface area contributed by atoms with Crippen LogP contribution in [-0.4, -0.2) is 14.8 Å². The molecule has 154 valence electrons. The van der Waals surface area contributed by atoms with Crippen molar-refractivity contribution in [1.82, 2.24) is 14.8 Å². The first-order chi connectivity index (χ1) is 14.6. The van der Waals surface area contributed by atoms with Crippen LogP contribution in [0.1, 0.15) is 31.3 Å². The second-order valence-corrected chi connectivity index (χ2v) is 7.79. The summed E-state index contributed by atoms with van der Waals surface area (Å²) >= 11 is 1.60. The van der Waals surface area contributed by atoms with Crippen LogP contribution in [0.15, 0.2) is 65.8 Å². The Morgan fingerprint density at radius 2 is 1.83 bits per heavy atom. The summed E-state index contributed by atoms with van der Waals surface area (Å²) in [6, 6.07) is 17.8. The van der Waals surface area contributed by atoms with Gasteiger partial charge in [0, 0.05) is 18.4 Å². The number of aromatic nitrogens is 3. The van der Waals surface area contributed by atoms with Crippen LogP contribution in [0.25, 0.3) is 10.8 Å². The fourth-order valence-corrected chi connectivity index (χ4v) is 4.39. The Kier molecular flexibility index (Phi) is 5.99. The van der Waals surface area contributed by atoms with Crippen LogP contribution in [0.2, 0.25) is 0 Å². The molecule has 0 fully saturated rings. The minimum atomic E-state index is -0.741. The Hall–Kier alpha value is -2.93. The first-order valence-electron chi connectivity index (χ1n) is 9.71. The van der Waals surface area contributed by atoms with Crippen LogP contribution in [0.3, 0.4) is 0 Å². The Balaban J connectivity index is 1.53. The van der Waals surface area contributed by atoms with E-state index in [9.17, 15) is 8.78 Å². The molecule has 30 heavy (non-hydrogen) atoms. The zero-order valence-corrected chi connectivity index (χ0v) is 17.5. The van der Waals surface area contributed by atoms with Crippen molar-refractivity contribution >= 4 is 22.5 Å². The Labute approximate surface area is 177 Å². The topological polar surface area (TPSA) is 39.9 Å². The van der Waals surface area contributed by atoms with Gasteiger partial charge in [-0.2, -0.15) is 0 Å². The van der Waals surface area contributed by atoms with Crippen LogP contribution in [0.5, 0.6) is 5.75 Å². The van der Waals surface area contributed by atoms with Crippen molar-refractivity contribution in [1.29, 1.82) is 0 Å². The van der Waals surface area contributed by atoms with E-state index in [2.05, 4.69) is 40.5 Å². The van der Waals surface area contributed by atoms with Gasteiger partial charge in [-0.25, -0.2) is 8.78 Å². The van der Waals surface area contributed by atoms with Crippen LogP contribution >= 0.6 is 11.8 Å². The highest BCUT2D eigenvalue weighted by molar-refractivity contribution is 7.98. The number of halogens is 2. The molecule has 3 aromatic carbocycles. The molecular weight excluding hydrogens is 404 g/mol. The van der Waals surface area contributed by atoms with Crippen LogP contribution in [0.4, 0.5) is 8.78 Å². The number of ether oxygens (including phenoxy) is 1. The molecule has 4 nitrogen and oxygen atoms in total. The SMILES string of the molecule is CCn1c(SCc2cccc3ccccc23)nnc1C(C)Oc1ccc(F)cc1F. The van der Waals surface area contributed by atoms with E-state index >= 15 is 0 Å². The van der Waals surface area contributed by atoms with Crippen molar-refractivity contribution in [2.24, 2.45) is 0 Å². The van der Waals surface area contributed by atoms with Crippen molar-refractivity contribution in [3.05, 3.63) is 83.7 Å². The Morgan fingerprint density at radius 3 is 2.63 bits per heavy atom. The van der Waals surface area contributed by atoms with Crippen molar-refractivity contribution in [2.75, 3.05) is 0 Å². The van der Waals surface area contributed by atoms with Crippen molar-refractivity contribution < 1.29 is 13.5 Å². The maximum atomic E-state index is 13.9. The number of benzene rings is 3. The summed E-state index contributed by atoms with van der Waals surface area (Å²) in [5.41, 5.74) is 1.22. The standard InChI is InChI=1S/C23H21F2N3OS/c1-3-28-22(15(2)29-21-12-11-18(24)13-20(21)25)26-27-23(28)30-14-17-9-6-8-16-7-4-5-10-19(16)17/h4-13,15H,3,14H2,1-2H3. The summed E-state index contributed by atoms with van der Waals surface area (Å²) in [5, 5.41) is 11.8. The zero-order chi connectivity index (χ0) is 21.1. The van der Waals surface area contributed by atoms with Gasteiger partial charge in [-0.3, -0.25) is 0 Å². The summed E-state index contributed by atoms with van der Waals surface area (Å²) in [6.45, 7) is 4.43. The summed E-state index contributed by atoms with van der Waals surface area (Å²) < 4.78 is 34.7. The minimum Gasteiger partial charge on any atom is -0.480 e. The minimum absolute atomic E-state index is 0.0143. The predicted molar refractivity (Wildman–Crippen MR) is 115 cm³/mol. The smallest absolute Gasteiger partial charge is 0.191 e. The fourth-order valence-electron chi connectivity index (χ4n) is 3.38. The lowest BCUT2D eigenvalue weighted by Gasteiger charge is -2.16. The van der Waals surface area contributed by atoms with Crippen LogP contribution < -0.4 is 4.74 Å². The highest BCUT2D eigenvalue weighted by Gasteiger charge is 2.20. The molecule has 0 N–H and O–H groups in total. The van der Waals surface area contributed by atoms with Gasteiger partial charge in [-0.15, -0.1) is 10.2 Å². The van der Waals surface area contributed by atoms with Gasteiger partial charge in [0.05, 0.1) is 0 Å². The molecule has 4 rings (SSSR count). The highest BCUT2D eigenvalue weighted by atomic mass is 32.2. The van der Waals surface area contributed by atoms with E-state index in [4.69, 9.17) is 4.74 Å². The van der Waals surface area contributed by atoms with E-state index < -0.39 is 17.7 Å². The molecule has 0 aliphatic heterocycles. The van der Waals surface area contributed by atoms with Gasteiger partial charge in [-0.05, 0) is 42.3 Å². The molecule has 0 aliphatic carbocycles. The lowest BCUT2D eigenvalue weighted by Crippen LogP contribution is -2.12. The molecule has 1 aromatic heterocycles. The second kappa shape index (κ2) is 8.83. The van der Waals surface area contributed by atoms with E-state index in [1.165, 1.54) is 28.5 Å². The lowest BCUT2D eigenvalue weighted by atomic mass is 10.1. The molecule has 1 heterocycles. The Bertz CT molecular complexity index is 1170. The third-order valence-electron chi connectivity index (χ3n) is 4.86. The molecule has 0 bridgehead atoms. The van der Waals surface area contributed by atoms with E-state index in [0.29, 0.717) is 12.4 Å². The molecular formula is C23H21F2N3OS. The van der Waals surface area contributed by atoms with Gasteiger partial charge in [0.2, 0.25) is 0 Å². The molecule has 0 saturated carbocycles. The number of rotatable bonds is 7. The number of thioether (sulfide) groups is 1. The molecule has 0 saturated heterocycles. The Morgan fingerprint density at radius 1 is 1.03 bits per heavy atom. The number of hydrogen-bond acceptors (Lipinski definition) is 4. The zero-order valence-electron chi connectivity index (χ0n) is 16.7. The maximum absolute atomic E-state index is 13.9. The summed E-state index contributed by atoms with van der Waals surface area (Å²) in [5.74, 6) is -0.0473. The monoisotopic (exact) mass is 425 g/mol. The quantitative estimate of drug-likeness (QED) is 0.332. The predicted octanol–water partition coefficient (Wildman–Crippen LogP) is 6.16. The van der Waals surface area contributed by atoms with Gasteiger partial charge in [-0.1, -0.05) is 54.2 Å². The summed E-state index contributed by atoms with van der Waals surface area (Å²) in [6.07, 6.45) is -0.538. The first kappa shape index (κ1) is 20.3. The van der Waals surface area contributed by atoms with Gasteiger partial charge in [0.15, 0.2) is 28.7 Å². The molecule has 1 unspecified atom stereocenters. The van der Waals surface area contributed by atoms with Crippen molar-refractivity contribution in [3.63, 3.8) is 0 Å². The van der Waals surface area contributed by atoms with Gasteiger partial charge < -0.3 is 9.30 Å². The molecule has 7 heteroatoms. The van der Waals surface area contributed by atoms with Gasteiger partial charge in [0.1, 0.15) is 5.82 Å². The largest absolute Gasteiger partial charge is 0.480 e. The highest BCUT2D eigenvalue weighted by Crippen LogP contribution is 2.29. The summed E-state index contributed by atoms with van der Waals surface area (Å²) in [4.78, 5) is 0. The third kappa shape index (κ3) is 4.16. The molecule has 0 spiro atoms. The first-order valence-corrected chi connectivity index (χ1v) is 10.7. The van der Waals surface area contributed by atoms with Gasteiger partial charge in [0.25, 0.3) is 0 Å². The van der Waals surface area contributed by atoms with E-state index in [0.717, 1.165) is 17.0 Å². The lowest BCUT2D eigenvalue weighted by molar-refractivity contribution is 0.200. The number of nitrogens with zero attached hydrogens (tertiary/aromatic N) is 3. The molecule has 4 aromatic rings. The average molecular weight is 426 g/mol. The number of hydrogen-bond donors (Lipinski definition) is 0. The molecule has 1 atom stereocenters. The summed E-state index contributed by atoms with van der Waals surface area (Å²) in [7, 11) is 0. The van der Waals surface area contributed by atoms with Gasteiger partial charge >= 0.3 is 0 Å². The number of fused-ring (bicyclic) bond motifs is 1. The maximum Gasteiger partial charge on any atom is 0.191 e. The average Bonchev–Trinajstić information content (AvgIpc) is 3.17. The second-order valence-electron chi connectivity index (χ2n) is 6.85. The van der Waals surface area contributed by atoms with E-state index in [-0.39, 0.29) is 5.75 Å². The van der Waals surface area contributed by atoms with E-state index in [1.54, 1.807) is 18.7 Å². The normalized spacial score (nSPS) is 12.3. The fraction of sp³-hybridized carbons (Fsp3) is 0.217. The molecule has 0 amide bonds. The van der Waals surface area contributed by atoms with E-state index in [1.807, 2.05) is 23.6 Å². The van der Waals surface area contributed by atoms with Crippen LogP contribution in [-0.2, 0) is 12.3 Å². The molecule has 0 aliphatic rings. The van der Waals surface area contributed by atoms with Crippen molar-refractivity contribution in [3.8, 4) is 5.75 Å². The molecule has 0 radical (unpaired) electrons. The third-order valence-corrected chi connectivity index (χ3v) is 5.88. The van der Waals surface area contributed by atoms with Crippen molar-refractivity contribution in [2.45, 2.75) is 37.4 Å². The van der Waals surface area contributed by atoms with Crippen LogP contribution in [0, 0.1) is 11.6 Å².